The molecule has 0 bridgehead atoms. The molecule has 170 valence electrons. The van der Waals surface area contributed by atoms with E-state index in [1.54, 1.807) is 14.0 Å². The predicted octanol–water partition coefficient (Wildman–Crippen LogP) is 2.79. The van der Waals surface area contributed by atoms with Gasteiger partial charge in [0.05, 0.1) is 22.6 Å². The van der Waals surface area contributed by atoms with E-state index in [0.29, 0.717) is 23.3 Å². The molecule has 7 rings (SSSR count). The normalized spacial score (nSPS) is 29.0. The number of carbonyl (C=O) groups is 1. The first-order chi connectivity index (χ1) is 16.0. The highest BCUT2D eigenvalue weighted by Gasteiger charge is 2.57. The highest BCUT2D eigenvalue weighted by atomic mass is 19.1. The van der Waals surface area contributed by atoms with Crippen LogP contribution in [0.2, 0.25) is 0 Å². The summed E-state index contributed by atoms with van der Waals surface area (Å²) in [5.74, 6) is -0.923. The molecule has 2 N–H and O–H groups in total. The number of aromatic nitrogens is 1. The van der Waals surface area contributed by atoms with Crippen LogP contribution in [0.1, 0.15) is 42.1 Å². The Morgan fingerprint density at radius 3 is 2.94 bits per heavy atom. The van der Waals surface area contributed by atoms with Crippen molar-refractivity contribution >= 4 is 28.3 Å². The standard InChI is InChI=1S/C25H24FN3O4/c1-3-25(31)15-7-18-21-13(9-29(18)23-22(33-23)14(15)10-32-24(25)30)11-5-4-6-12-19(11)17(28-21)8-16(26)20(12)27-2/h7-8,22-23,27,31H,3-6,9-10H2,1-2H3/t22?,23?,25-/m0/s1. The van der Waals surface area contributed by atoms with Crippen molar-refractivity contribution in [2.45, 2.75) is 57.1 Å². The molecule has 8 heteroatoms. The zero-order chi connectivity index (χ0) is 22.6. The average molecular weight is 449 g/mol. The average Bonchev–Trinajstić information content (AvgIpc) is 3.54. The minimum atomic E-state index is -1.71. The van der Waals surface area contributed by atoms with Crippen LogP contribution in [0.15, 0.2) is 23.3 Å². The van der Waals surface area contributed by atoms with Crippen LogP contribution < -0.4 is 5.32 Å². The van der Waals surface area contributed by atoms with Crippen molar-refractivity contribution in [1.82, 2.24) is 9.88 Å². The monoisotopic (exact) mass is 449 g/mol. The third kappa shape index (κ3) is 2.35. The van der Waals surface area contributed by atoms with Crippen molar-refractivity contribution < 1.29 is 23.8 Å². The molecule has 4 aliphatic heterocycles. The van der Waals surface area contributed by atoms with Crippen LogP contribution in [0.5, 0.6) is 0 Å². The number of anilines is 1. The number of benzene rings is 1. The molecular weight excluding hydrogens is 425 g/mol. The smallest absolute Gasteiger partial charge is 0.343 e. The van der Waals surface area contributed by atoms with Crippen molar-refractivity contribution in [2.24, 2.45) is 0 Å². The first-order valence-corrected chi connectivity index (χ1v) is 11.6. The number of halogens is 1. The van der Waals surface area contributed by atoms with Gasteiger partial charge in [-0.2, -0.15) is 0 Å². The lowest BCUT2D eigenvalue weighted by atomic mass is 9.83. The first-order valence-electron chi connectivity index (χ1n) is 11.6. The summed E-state index contributed by atoms with van der Waals surface area (Å²) in [6.45, 7) is 2.54. The number of cyclic esters (lactones) is 1. The van der Waals surface area contributed by atoms with E-state index in [4.69, 9.17) is 14.5 Å². The van der Waals surface area contributed by atoms with Crippen LogP contribution >= 0.6 is 0 Å². The third-order valence-electron chi connectivity index (χ3n) is 7.93. The summed E-state index contributed by atoms with van der Waals surface area (Å²) >= 11 is 0. The van der Waals surface area contributed by atoms with E-state index in [1.165, 1.54) is 11.6 Å². The maximum absolute atomic E-state index is 14.9. The van der Waals surface area contributed by atoms with Crippen molar-refractivity contribution in [1.29, 1.82) is 0 Å². The van der Waals surface area contributed by atoms with Crippen LogP contribution in [0.4, 0.5) is 10.1 Å². The fourth-order valence-corrected chi connectivity index (χ4v) is 6.22. The molecule has 7 nitrogen and oxygen atoms in total. The van der Waals surface area contributed by atoms with Gasteiger partial charge in [-0.1, -0.05) is 6.92 Å². The number of nitrogens with one attached hydrogen (secondary N) is 1. The Hall–Kier alpha value is -2.97. The molecule has 0 saturated carbocycles. The van der Waals surface area contributed by atoms with E-state index in [0.717, 1.165) is 52.7 Å². The largest absolute Gasteiger partial charge is 0.459 e. The molecule has 2 unspecified atom stereocenters. The molecule has 33 heavy (non-hydrogen) atoms. The number of hydrogen-bond donors (Lipinski definition) is 2. The fraction of sp³-hybridized carbons (Fsp3) is 0.440. The van der Waals surface area contributed by atoms with Crippen LogP contribution in [0.3, 0.4) is 0 Å². The summed E-state index contributed by atoms with van der Waals surface area (Å²) in [7, 11) is 1.75. The van der Waals surface area contributed by atoms with Gasteiger partial charge in [0.1, 0.15) is 18.5 Å². The van der Waals surface area contributed by atoms with E-state index in [1.807, 2.05) is 6.08 Å². The molecule has 2 aromatic rings. The number of ether oxygens (including phenoxy) is 2. The number of esters is 1. The van der Waals surface area contributed by atoms with Gasteiger partial charge in [-0.15, -0.1) is 0 Å². The number of pyridine rings is 1. The Morgan fingerprint density at radius 1 is 1.33 bits per heavy atom. The number of hydrogen-bond acceptors (Lipinski definition) is 7. The Balaban J connectivity index is 1.49. The summed E-state index contributed by atoms with van der Waals surface area (Å²) < 4.78 is 26.3. The van der Waals surface area contributed by atoms with Gasteiger partial charge in [0.2, 0.25) is 0 Å². The van der Waals surface area contributed by atoms with Crippen LogP contribution in [0, 0.1) is 5.82 Å². The van der Waals surface area contributed by atoms with Gasteiger partial charge in [0.15, 0.2) is 11.8 Å². The molecular formula is C25H24FN3O4. The SMILES string of the molecule is CC[C@@]1(O)C(=O)OCC2=C1C=C1c3nc4cc(F)c(NC)c5c4c(c3CN1C1OC21)CCC5. The topological polar surface area (TPSA) is 87.2 Å². The van der Waals surface area contributed by atoms with Gasteiger partial charge >= 0.3 is 5.97 Å². The number of epoxide rings is 1. The second kappa shape index (κ2) is 6.33. The van der Waals surface area contributed by atoms with Crippen LogP contribution in [-0.2, 0) is 33.7 Å². The van der Waals surface area contributed by atoms with E-state index in [2.05, 4.69) is 10.2 Å². The van der Waals surface area contributed by atoms with E-state index < -0.39 is 11.6 Å². The molecule has 5 aliphatic rings. The number of carbonyl (C=O) groups excluding carboxylic acids is 1. The molecule has 1 aliphatic carbocycles. The number of aryl methyl sites for hydroxylation is 2. The number of nitrogens with zero attached hydrogens (tertiary/aromatic N) is 2. The minimum absolute atomic E-state index is 0.125. The van der Waals surface area contributed by atoms with Gasteiger partial charge in [0.25, 0.3) is 0 Å². The molecule has 1 aromatic heterocycles. The molecule has 1 saturated heterocycles. The summed E-state index contributed by atoms with van der Waals surface area (Å²) in [5, 5.41) is 15.4. The Morgan fingerprint density at radius 2 is 2.15 bits per heavy atom. The van der Waals surface area contributed by atoms with Gasteiger partial charge in [-0.3, -0.25) is 0 Å². The molecule has 0 radical (unpaired) electrons. The molecule has 0 amide bonds. The highest BCUT2D eigenvalue weighted by Crippen LogP contribution is 2.51. The lowest BCUT2D eigenvalue weighted by Gasteiger charge is -2.32. The molecule has 1 aromatic carbocycles. The van der Waals surface area contributed by atoms with Crippen molar-refractivity contribution in [2.75, 3.05) is 19.0 Å². The quantitative estimate of drug-likeness (QED) is 0.539. The highest BCUT2D eigenvalue weighted by molar-refractivity contribution is 5.95. The van der Waals surface area contributed by atoms with Crippen molar-refractivity contribution in [3.05, 3.63) is 51.5 Å². The predicted molar refractivity (Wildman–Crippen MR) is 119 cm³/mol. The molecule has 1 fully saturated rings. The zero-order valence-electron chi connectivity index (χ0n) is 18.5. The molecule has 5 heterocycles. The Labute approximate surface area is 189 Å². The van der Waals surface area contributed by atoms with Gasteiger partial charge in [-0.25, -0.2) is 14.2 Å². The minimum Gasteiger partial charge on any atom is -0.459 e. The van der Waals surface area contributed by atoms with Crippen molar-refractivity contribution in [3.8, 4) is 0 Å². The maximum Gasteiger partial charge on any atom is 0.343 e. The number of aliphatic hydroxyl groups is 1. The molecule has 0 spiro atoms. The van der Waals surface area contributed by atoms with Gasteiger partial charge in [-0.05, 0) is 42.9 Å². The number of rotatable bonds is 2. The second-order valence-corrected chi connectivity index (χ2v) is 9.46. The van der Waals surface area contributed by atoms with E-state index in [9.17, 15) is 14.3 Å². The maximum atomic E-state index is 14.9. The van der Waals surface area contributed by atoms with Crippen LogP contribution in [0.25, 0.3) is 16.6 Å². The van der Waals surface area contributed by atoms with Crippen molar-refractivity contribution in [3.63, 3.8) is 0 Å². The summed E-state index contributed by atoms with van der Waals surface area (Å²) in [6.07, 6.45) is 4.39. The number of fused-ring (bicyclic) bond motifs is 7. The lowest BCUT2D eigenvalue weighted by molar-refractivity contribution is -0.162. The Kier molecular flexibility index (Phi) is 3.74. The fourth-order valence-electron chi connectivity index (χ4n) is 6.22. The summed E-state index contributed by atoms with van der Waals surface area (Å²) in [6, 6.07) is 1.52. The summed E-state index contributed by atoms with van der Waals surface area (Å²) in [4.78, 5) is 19.7. The van der Waals surface area contributed by atoms with E-state index in [-0.39, 0.29) is 31.2 Å². The Bertz CT molecular complexity index is 1350. The molecule has 3 atom stereocenters. The van der Waals surface area contributed by atoms with Crippen LogP contribution in [-0.4, -0.2) is 52.5 Å². The van der Waals surface area contributed by atoms with Gasteiger partial charge in [0, 0.05) is 41.8 Å². The summed E-state index contributed by atoms with van der Waals surface area (Å²) in [5.41, 5.74) is 5.87. The first kappa shape index (κ1) is 19.5. The second-order valence-electron chi connectivity index (χ2n) is 9.46. The lowest BCUT2D eigenvalue weighted by Crippen LogP contribution is -2.46. The van der Waals surface area contributed by atoms with E-state index >= 15 is 0 Å². The van der Waals surface area contributed by atoms with Gasteiger partial charge < -0.3 is 24.8 Å². The zero-order valence-corrected chi connectivity index (χ0v) is 18.5. The third-order valence-corrected chi connectivity index (χ3v) is 7.93.